The fourth-order valence-corrected chi connectivity index (χ4v) is 4.57. The van der Waals surface area contributed by atoms with Gasteiger partial charge in [0.2, 0.25) is 0 Å². The second kappa shape index (κ2) is 10.6. The fraction of sp³-hybridized carbons (Fsp3) is 0.345. The van der Waals surface area contributed by atoms with E-state index >= 15 is 0 Å². The van der Waals surface area contributed by atoms with Gasteiger partial charge in [0.05, 0.1) is 11.1 Å². The third kappa shape index (κ3) is 6.00. The highest BCUT2D eigenvalue weighted by Gasteiger charge is 2.38. The van der Waals surface area contributed by atoms with E-state index in [0.29, 0.717) is 24.3 Å². The average molecular weight is 543 g/mol. The number of pyridine rings is 1. The summed E-state index contributed by atoms with van der Waals surface area (Å²) in [6, 6.07) is 6.45. The Kier molecular flexibility index (Phi) is 7.59. The van der Waals surface area contributed by atoms with Crippen LogP contribution in [0.5, 0.6) is 17.2 Å². The first-order valence-corrected chi connectivity index (χ1v) is 12.3. The Hall–Kier alpha value is -4.08. The first kappa shape index (κ1) is 27.9. The van der Waals surface area contributed by atoms with Crippen molar-refractivity contribution in [3.8, 4) is 17.2 Å². The summed E-state index contributed by atoms with van der Waals surface area (Å²) in [5, 5.41) is 2.46. The summed E-state index contributed by atoms with van der Waals surface area (Å²) < 4.78 is 59.3. The molecule has 3 aromatic rings. The maximum absolute atomic E-state index is 13.9. The van der Waals surface area contributed by atoms with Gasteiger partial charge in [0.1, 0.15) is 29.5 Å². The van der Waals surface area contributed by atoms with E-state index in [2.05, 4.69) is 10.3 Å². The van der Waals surface area contributed by atoms with Crippen LogP contribution in [0.1, 0.15) is 58.4 Å². The quantitative estimate of drug-likeness (QED) is 0.288. The summed E-state index contributed by atoms with van der Waals surface area (Å²) in [6.45, 7) is 8.53. The lowest BCUT2D eigenvalue weighted by Crippen LogP contribution is -2.42. The molecule has 1 unspecified atom stereocenters. The largest absolute Gasteiger partial charge is 0.489 e. The number of carbonyl (C=O) groups excluding carboxylic acids is 2. The van der Waals surface area contributed by atoms with Gasteiger partial charge in [-0.15, -0.1) is 0 Å². The molecule has 2 aromatic carbocycles. The predicted molar refractivity (Wildman–Crippen MR) is 138 cm³/mol. The molecule has 0 fully saturated rings. The zero-order chi connectivity index (χ0) is 28.5. The lowest BCUT2D eigenvalue weighted by molar-refractivity contribution is -0.139. The third-order valence-corrected chi connectivity index (χ3v) is 6.81. The maximum Gasteiger partial charge on any atom is 0.420 e. The van der Waals surface area contributed by atoms with Crippen molar-refractivity contribution in [3.63, 3.8) is 0 Å². The number of alkyl halides is 3. The summed E-state index contributed by atoms with van der Waals surface area (Å²) in [6.07, 6.45) is -0.861. The smallest absolute Gasteiger partial charge is 0.420 e. The number of nitrogens with zero attached hydrogens (tertiary/aromatic N) is 1. The Morgan fingerprint density at radius 3 is 2.51 bits per heavy atom. The Labute approximate surface area is 224 Å². The number of amides is 1. The van der Waals surface area contributed by atoms with Gasteiger partial charge in [-0.1, -0.05) is 0 Å². The molecule has 1 N–H and O–H groups in total. The van der Waals surface area contributed by atoms with E-state index in [9.17, 15) is 22.8 Å². The molecule has 2 heterocycles. The summed E-state index contributed by atoms with van der Waals surface area (Å²) in [7, 11) is 0. The summed E-state index contributed by atoms with van der Waals surface area (Å²) in [4.78, 5) is 27.8. The van der Waals surface area contributed by atoms with Gasteiger partial charge in [0.25, 0.3) is 5.91 Å². The first-order valence-electron chi connectivity index (χ1n) is 12.3. The van der Waals surface area contributed by atoms with E-state index in [0.717, 1.165) is 28.3 Å². The standard InChI is InChI=1S/C29H29F3N2O5/c1-16-17(2)26-22(18(3)25(16)38-19(4)35)10-11-28(5,39-26)15-37-24-9-8-21(13-23(24)29(30,31)32)34-27(36)20-7-6-12-33-14-20/h6-9,12-14H,10-11,15H2,1-5H3,(H,34,36). The molecule has 1 aliphatic rings. The molecule has 4 rings (SSSR count). The number of hydrogen-bond donors (Lipinski definition) is 1. The molecule has 1 amide bonds. The number of carbonyl (C=O) groups is 2. The number of fused-ring (bicyclic) bond motifs is 1. The number of rotatable bonds is 6. The normalized spacial score (nSPS) is 16.6. The number of halogens is 3. The number of nitrogens with one attached hydrogen (secondary N) is 1. The Balaban J connectivity index is 1.55. The molecule has 10 heteroatoms. The van der Waals surface area contributed by atoms with Crippen molar-refractivity contribution in [1.82, 2.24) is 4.98 Å². The van der Waals surface area contributed by atoms with Crippen molar-refractivity contribution in [2.75, 3.05) is 11.9 Å². The van der Waals surface area contributed by atoms with Crippen molar-refractivity contribution in [1.29, 1.82) is 0 Å². The average Bonchev–Trinajstić information content (AvgIpc) is 2.89. The predicted octanol–water partition coefficient (Wildman–Crippen LogP) is 6.37. The highest BCUT2D eigenvalue weighted by atomic mass is 19.4. The summed E-state index contributed by atoms with van der Waals surface area (Å²) in [5.74, 6) is -0.231. The molecule has 1 aliphatic heterocycles. The number of anilines is 1. The Morgan fingerprint density at radius 1 is 1.13 bits per heavy atom. The first-order chi connectivity index (χ1) is 18.3. The molecule has 39 heavy (non-hydrogen) atoms. The van der Waals surface area contributed by atoms with Crippen molar-refractivity contribution in [3.05, 3.63) is 76.1 Å². The maximum atomic E-state index is 13.9. The Morgan fingerprint density at radius 2 is 1.87 bits per heavy atom. The molecule has 0 bridgehead atoms. The zero-order valence-electron chi connectivity index (χ0n) is 22.3. The van der Waals surface area contributed by atoms with Crippen LogP contribution in [-0.4, -0.2) is 29.1 Å². The second-order valence-electron chi connectivity index (χ2n) is 9.85. The molecule has 7 nitrogen and oxygen atoms in total. The highest BCUT2D eigenvalue weighted by Crippen LogP contribution is 2.44. The minimum atomic E-state index is -4.72. The van der Waals surface area contributed by atoms with Crippen molar-refractivity contribution >= 4 is 17.6 Å². The van der Waals surface area contributed by atoms with Crippen molar-refractivity contribution in [2.45, 2.75) is 59.2 Å². The topological polar surface area (TPSA) is 86.8 Å². The minimum Gasteiger partial charge on any atom is -0.489 e. The Bertz CT molecular complexity index is 1420. The van der Waals surface area contributed by atoms with E-state index in [1.54, 1.807) is 13.0 Å². The minimum absolute atomic E-state index is 0.0252. The van der Waals surface area contributed by atoms with E-state index < -0.39 is 29.2 Å². The molecular formula is C29H29F3N2O5. The second-order valence-corrected chi connectivity index (χ2v) is 9.85. The van der Waals surface area contributed by atoms with Crippen LogP contribution in [0.15, 0.2) is 42.7 Å². The van der Waals surface area contributed by atoms with Crippen molar-refractivity contribution in [2.24, 2.45) is 0 Å². The van der Waals surface area contributed by atoms with Gasteiger partial charge in [-0.05, 0) is 87.6 Å². The SMILES string of the molecule is CC(=O)Oc1c(C)c(C)c2c(c1C)CCC(C)(COc1ccc(NC(=O)c3cccnc3)cc1C(F)(F)F)O2. The van der Waals surface area contributed by atoms with E-state index in [-0.39, 0.29) is 23.6 Å². The molecule has 0 radical (unpaired) electrons. The van der Waals surface area contributed by atoms with Gasteiger partial charge in [0.15, 0.2) is 0 Å². The van der Waals surface area contributed by atoms with Crippen LogP contribution in [0, 0.1) is 20.8 Å². The zero-order valence-corrected chi connectivity index (χ0v) is 22.3. The summed E-state index contributed by atoms with van der Waals surface area (Å²) in [5.41, 5.74) is 1.52. The van der Waals surface area contributed by atoms with E-state index in [4.69, 9.17) is 14.2 Å². The molecule has 0 aliphatic carbocycles. The molecule has 1 atom stereocenters. The number of aromatic nitrogens is 1. The van der Waals surface area contributed by atoms with Gasteiger partial charge < -0.3 is 19.5 Å². The molecule has 206 valence electrons. The van der Waals surface area contributed by atoms with E-state index in [1.807, 2.05) is 20.8 Å². The fourth-order valence-electron chi connectivity index (χ4n) is 4.57. The number of ether oxygens (including phenoxy) is 3. The van der Waals surface area contributed by atoms with Crippen LogP contribution in [0.3, 0.4) is 0 Å². The monoisotopic (exact) mass is 542 g/mol. The number of benzene rings is 2. The van der Waals surface area contributed by atoms with Crippen LogP contribution >= 0.6 is 0 Å². The number of hydrogen-bond acceptors (Lipinski definition) is 6. The lowest BCUT2D eigenvalue weighted by atomic mass is 9.87. The van der Waals surface area contributed by atoms with Crippen LogP contribution in [-0.2, 0) is 17.4 Å². The van der Waals surface area contributed by atoms with Crippen LogP contribution in [0.25, 0.3) is 0 Å². The lowest BCUT2D eigenvalue weighted by Gasteiger charge is -2.38. The van der Waals surface area contributed by atoms with Gasteiger partial charge in [-0.3, -0.25) is 14.6 Å². The molecule has 1 aromatic heterocycles. The van der Waals surface area contributed by atoms with Gasteiger partial charge in [-0.25, -0.2) is 0 Å². The summed E-state index contributed by atoms with van der Waals surface area (Å²) >= 11 is 0. The molecule has 0 saturated carbocycles. The van der Waals surface area contributed by atoms with Crippen LogP contribution in [0.2, 0.25) is 0 Å². The molecule has 0 saturated heterocycles. The number of esters is 1. The van der Waals surface area contributed by atoms with Crippen molar-refractivity contribution < 1.29 is 37.0 Å². The van der Waals surface area contributed by atoms with Gasteiger partial charge >= 0.3 is 12.1 Å². The third-order valence-electron chi connectivity index (χ3n) is 6.81. The van der Waals surface area contributed by atoms with Crippen LogP contribution < -0.4 is 19.5 Å². The molecule has 0 spiro atoms. The van der Waals surface area contributed by atoms with Crippen LogP contribution in [0.4, 0.5) is 18.9 Å². The van der Waals surface area contributed by atoms with Gasteiger partial charge in [0, 0.05) is 30.6 Å². The molecular weight excluding hydrogens is 513 g/mol. The van der Waals surface area contributed by atoms with E-state index in [1.165, 1.54) is 37.5 Å². The van der Waals surface area contributed by atoms with Gasteiger partial charge in [-0.2, -0.15) is 13.2 Å². The highest BCUT2D eigenvalue weighted by molar-refractivity contribution is 6.04.